The van der Waals surface area contributed by atoms with Gasteiger partial charge in [0.25, 0.3) is 0 Å². The van der Waals surface area contributed by atoms with Crippen molar-refractivity contribution in [3.63, 3.8) is 0 Å². The fraction of sp³-hybridized carbons (Fsp3) is 0.636. The third kappa shape index (κ3) is 3.20. The van der Waals surface area contributed by atoms with E-state index >= 15 is 0 Å². The molecule has 0 saturated carbocycles. The van der Waals surface area contributed by atoms with Crippen molar-refractivity contribution in [2.45, 2.75) is 25.5 Å². The molecule has 17 heavy (non-hydrogen) atoms. The Bertz CT molecular complexity index is 342. The first-order valence-corrected chi connectivity index (χ1v) is 5.40. The third-order valence-corrected chi connectivity index (χ3v) is 2.64. The molecular weight excluding hydrogens is 224 g/mol. The van der Waals surface area contributed by atoms with Gasteiger partial charge in [-0.2, -0.15) is 0 Å². The molecule has 0 bridgehead atoms. The van der Waals surface area contributed by atoms with Crippen molar-refractivity contribution in [3.05, 3.63) is 12.2 Å². The van der Waals surface area contributed by atoms with Crippen LogP contribution in [0.4, 0.5) is 4.79 Å². The Morgan fingerprint density at radius 3 is 2.59 bits per heavy atom. The summed E-state index contributed by atoms with van der Waals surface area (Å²) in [7, 11) is 1.58. The van der Waals surface area contributed by atoms with E-state index in [-0.39, 0.29) is 13.0 Å². The number of carbonyl (C=O) groups excluding carboxylic acids is 1. The van der Waals surface area contributed by atoms with Crippen LogP contribution in [0.25, 0.3) is 0 Å². The molecule has 0 aliphatic carbocycles. The van der Waals surface area contributed by atoms with Crippen LogP contribution in [0.15, 0.2) is 12.2 Å². The molecule has 0 aromatic rings. The maximum absolute atomic E-state index is 12.0. The quantitative estimate of drug-likeness (QED) is 0.689. The fourth-order valence-corrected chi connectivity index (χ4v) is 1.95. The van der Waals surface area contributed by atoms with E-state index in [1.165, 1.54) is 9.80 Å². The van der Waals surface area contributed by atoms with Crippen LogP contribution in [0.5, 0.6) is 0 Å². The molecule has 1 fully saturated rings. The van der Waals surface area contributed by atoms with E-state index in [0.717, 1.165) is 5.57 Å². The van der Waals surface area contributed by atoms with Crippen LogP contribution >= 0.6 is 0 Å². The molecule has 0 spiro atoms. The Morgan fingerprint density at radius 2 is 2.12 bits per heavy atom. The highest BCUT2D eigenvalue weighted by atomic mass is 16.4. The molecule has 96 valence electrons. The Kier molecular flexibility index (Phi) is 4.11. The first-order chi connectivity index (χ1) is 7.82. The standard InChI is InChI=1S/C11H18N2O4/c1-7(2)5-12(3)11(17)13-6-8(14)4-9(13)10(15)16/h8-9,14H,1,4-6H2,2-3H3,(H,15,16)/t8?,9-/m0/s1. The van der Waals surface area contributed by atoms with Gasteiger partial charge >= 0.3 is 12.0 Å². The first kappa shape index (κ1) is 13.5. The van der Waals surface area contributed by atoms with Crippen LogP contribution in [0.1, 0.15) is 13.3 Å². The fourth-order valence-electron chi connectivity index (χ4n) is 1.95. The summed E-state index contributed by atoms with van der Waals surface area (Å²) in [5.41, 5.74) is 0.812. The van der Waals surface area contributed by atoms with E-state index in [1.54, 1.807) is 14.0 Å². The van der Waals surface area contributed by atoms with E-state index < -0.39 is 24.1 Å². The lowest BCUT2D eigenvalue weighted by Crippen LogP contribution is -2.47. The lowest BCUT2D eigenvalue weighted by Gasteiger charge is -2.27. The SMILES string of the molecule is C=C(C)CN(C)C(=O)N1CC(O)C[C@H]1C(=O)O. The smallest absolute Gasteiger partial charge is 0.326 e. The van der Waals surface area contributed by atoms with Crippen LogP contribution in [0.2, 0.25) is 0 Å². The van der Waals surface area contributed by atoms with Gasteiger partial charge in [-0.15, -0.1) is 0 Å². The molecular formula is C11H18N2O4. The van der Waals surface area contributed by atoms with Crippen molar-refractivity contribution in [1.82, 2.24) is 9.80 Å². The van der Waals surface area contributed by atoms with Gasteiger partial charge in [-0.05, 0) is 6.92 Å². The minimum Gasteiger partial charge on any atom is -0.480 e. The van der Waals surface area contributed by atoms with Crippen LogP contribution in [-0.2, 0) is 4.79 Å². The molecule has 1 aliphatic rings. The van der Waals surface area contributed by atoms with E-state index in [1.807, 2.05) is 0 Å². The van der Waals surface area contributed by atoms with Crippen LogP contribution in [0.3, 0.4) is 0 Å². The van der Waals surface area contributed by atoms with Crippen LogP contribution < -0.4 is 0 Å². The first-order valence-electron chi connectivity index (χ1n) is 5.40. The number of aliphatic hydroxyl groups excluding tert-OH is 1. The zero-order chi connectivity index (χ0) is 13.2. The number of hydrogen-bond donors (Lipinski definition) is 2. The van der Waals surface area contributed by atoms with E-state index in [0.29, 0.717) is 6.54 Å². The van der Waals surface area contributed by atoms with Crippen molar-refractivity contribution >= 4 is 12.0 Å². The molecule has 2 N–H and O–H groups in total. The van der Waals surface area contributed by atoms with Crippen LogP contribution in [0, 0.1) is 0 Å². The number of urea groups is 1. The Hall–Kier alpha value is -1.56. The molecule has 2 atom stereocenters. The average molecular weight is 242 g/mol. The van der Waals surface area contributed by atoms with Gasteiger partial charge in [0.05, 0.1) is 6.10 Å². The van der Waals surface area contributed by atoms with Gasteiger partial charge < -0.3 is 20.0 Å². The number of carboxylic acids is 1. The second-order valence-corrected chi connectivity index (χ2v) is 4.49. The second-order valence-electron chi connectivity index (χ2n) is 4.49. The minimum absolute atomic E-state index is 0.0658. The van der Waals surface area contributed by atoms with Crippen molar-refractivity contribution < 1.29 is 19.8 Å². The number of rotatable bonds is 3. The van der Waals surface area contributed by atoms with Crippen molar-refractivity contribution in [2.75, 3.05) is 20.1 Å². The molecule has 6 heteroatoms. The van der Waals surface area contributed by atoms with E-state index in [2.05, 4.69) is 6.58 Å². The topological polar surface area (TPSA) is 81.1 Å². The van der Waals surface area contributed by atoms with Crippen molar-refractivity contribution in [1.29, 1.82) is 0 Å². The van der Waals surface area contributed by atoms with Crippen molar-refractivity contribution in [3.8, 4) is 0 Å². The Labute approximate surface area is 100 Å². The maximum Gasteiger partial charge on any atom is 0.326 e. The number of β-amino-alcohol motifs (C(OH)–C–C–N with tert-alkyl or cyclic N) is 1. The molecule has 1 unspecified atom stereocenters. The Morgan fingerprint density at radius 1 is 1.53 bits per heavy atom. The summed E-state index contributed by atoms with van der Waals surface area (Å²) < 4.78 is 0. The minimum atomic E-state index is -1.08. The highest BCUT2D eigenvalue weighted by molar-refractivity contribution is 5.83. The molecule has 0 aromatic heterocycles. The van der Waals surface area contributed by atoms with Crippen molar-refractivity contribution in [2.24, 2.45) is 0 Å². The summed E-state index contributed by atoms with van der Waals surface area (Å²) in [5, 5.41) is 18.4. The Balaban J connectivity index is 2.73. The predicted octanol–water partition coefficient (Wildman–Crippen LogP) is 0.134. The number of nitrogens with zero attached hydrogens (tertiary/aromatic N) is 2. The van der Waals surface area contributed by atoms with Gasteiger partial charge in [0.15, 0.2) is 0 Å². The van der Waals surface area contributed by atoms with Gasteiger partial charge in [-0.25, -0.2) is 9.59 Å². The number of carboxylic acid groups (broad SMARTS) is 1. The number of carbonyl (C=O) groups is 2. The summed E-state index contributed by atoms with van der Waals surface area (Å²) in [4.78, 5) is 25.5. The summed E-state index contributed by atoms with van der Waals surface area (Å²) >= 11 is 0. The third-order valence-electron chi connectivity index (χ3n) is 2.64. The normalized spacial score (nSPS) is 23.6. The molecule has 1 rings (SSSR count). The number of aliphatic hydroxyl groups is 1. The largest absolute Gasteiger partial charge is 0.480 e. The highest BCUT2D eigenvalue weighted by Gasteiger charge is 2.39. The monoisotopic (exact) mass is 242 g/mol. The summed E-state index contributed by atoms with van der Waals surface area (Å²) in [6.45, 7) is 5.92. The molecule has 1 saturated heterocycles. The molecule has 0 radical (unpaired) electrons. The van der Waals surface area contributed by atoms with Gasteiger partial charge in [-0.1, -0.05) is 12.2 Å². The molecule has 2 amide bonds. The lowest BCUT2D eigenvalue weighted by molar-refractivity contribution is -0.141. The number of likely N-dealkylation sites (N-methyl/N-ethyl adjacent to an activating group) is 1. The van der Waals surface area contributed by atoms with Crippen LogP contribution in [-0.4, -0.2) is 64.3 Å². The molecule has 1 heterocycles. The summed E-state index contributed by atoms with van der Waals surface area (Å²) in [6, 6.07) is -1.33. The summed E-state index contributed by atoms with van der Waals surface area (Å²) in [5.74, 6) is -1.08. The van der Waals surface area contributed by atoms with Gasteiger partial charge in [0.1, 0.15) is 6.04 Å². The van der Waals surface area contributed by atoms with Gasteiger partial charge in [-0.3, -0.25) is 0 Å². The number of amides is 2. The zero-order valence-corrected chi connectivity index (χ0v) is 10.1. The number of likely N-dealkylation sites (tertiary alicyclic amines) is 1. The lowest BCUT2D eigenvalue weighted by atomic mass is 10.2. The molecule has 6 nitrogen and oxygen atoms in total. The number of hydrogen-bond acceptors (Lipinski definition) is 3. The molecule has 1 aliphatic heterocycles. The highest BCUT2D eigenvalue weighted by Crippen LogP contribution is 2.19. The molecule has 0 aromatic carbocycles. The van der Waals surface area contributed by atoms with E-state index in [4.69, 9.17) is 5.11 Å². The zero-order valence-electron chi connectivity index (χ0n) is 10.1. The predicted molar refractivity (Wildman–Crippen MR) is 61.6 cm³/mol. The average Bonchev–Trinajstić information content (AvgIpc) is 2.58. The second kappa shape index (κ2) is 5.18. The van der Waals surface area contributed by atoms with Gasteiger partial charge in [0.2, 0.25) is 0 Å². The number of aliphatic carboxylic acids is 1. The van der Waals surface area contributed by atoms with E-state index in [9.17, 15) is 14.7 Å². The maximum atomic E-state index is 12.0. The van der Waals surface area contributed by atoms with Gasteiger partial charge in [0, 0.05) is 26.6 Å². The summed E-state index contributed by atoms with van der Waals surface area (Å²) in [6.07, 6.45) is -0.680.